The molecule has 0 radical (unpaired) electrons. The van der Waals surface area contributed by atoms with Crippen LogP contribution in [0.5, 0.6) is 11.5 Å². The first-order valence-electron chi connectivity index (χ1n) is 6.64. The zero-order valence-electron chi connectivity index (χ0n) is 11.9. The molecule has 23 heavy (non-hydrogen) atoms. The number of nitro groups is 1. The summed E-state index contributed by atoms with van der Waals surface area (Å²) in [6.07, 6.45) is 0. The van der Waals surface area contributed by atoms with Crippen LogP contribution in [0.2, 0.25) is 0 Å². The van der Waals surface area contributed by atoms with E-state index >= 15 is 0 Å². The number of anilines is 1. The highest BCUT2D eigenvalue weighted by Crippen LogP contribution is 2.32. The lowest BCUT2D eigenvalue weighted by Crippen LogP contribution is -2.06. The van der Waals surface area contributed by atoms with Crippen molar-refractivity contribution in [3.05, 3.63) is 57.6 Å². The summed E-state index contributed by atoms with van der Waals surface area (Å²) in [6.45, 7) is 0.168. The molecule has 0 atom stereocenters. The molecular weight excluding hydrogens is 304 g/mol. The second kappa shape index (κ2) is 5.84. The predicted molar refractivity (Wildman–Crippen MR) is 79.2 cm³/mol. The Labute approximate surface area is 130 Å². The lowest BCUT2D eigenvalue weighted by atomic mass is 10.1. The molecule has 0 aliphatic carbocycles. The van der Waals surface area contributed by atoms with Gasteiger partial charge in [0.15, 0.2) is 11.5 Å². The Bertz CT molecular complexity index is 790. The molecule has 2 N–H and O–H groups in total. The van der Waals surface area contributed by atoms with Crippen LogP contribution in [0.3, 0.4) is 0 Å². The summed E-state index contributed by atoms with van der Waals surface area (Å²) in [6, 6.07) is 8.95. The molecule has 118 valence electrons. The van der Waals surface area contributed by atoms with E-state index in [1.807, 2.05) is 0 Å². The van der Waals surface area contributed by atoms with E-state index in [1.54, 1.807) is 18.2 Å². The number of nitro benzene ring substituents is 1. The Kier molecular flexibility index (Phi) is 3.71. The van der Waals surface area contributed by atoms with Crippen molar-refractivity contribution in [1.29, 1.82) is 0 Å². The molecule has 0 fully saturated rings. The number of rotatable bonds is 4. The zero-order chi connectivity index (χ0) is 16.4. The van der Waals surface area contributed by atoms with Crippen molar-refractivity contribution in [3.63, 3.8) is 0 Å². The smallest absolute Gasteiger partial charge is 0.338 e. The molecular formula is C15H12N2O6. The standard InChI is InChI=1S/C15H12N2O6/c16-11-3-2-10(6-12(11)17(19)20)15(18)21-7-9-1-4-13-14(5-9)23-8-22-13/h1-6H,7-8,16H2. The summed E-state index contributed by atoms with van der Waals surface area (Å²) >= 11 is 0. The molecule has 0 saturated carbocycles. The number of hydrogen-bond donors (Lipinski definition) is 1. The van der Waals surface area contributed by atoms with Crippen molar-refractivity contribution >= 4 is 17.3 Å². The summed E-state index contributed by atoms with van der Waals surface area (Å²) in [5.41, 5.74) is 5.92. The molecule has 1 aliphatic rings. The van der Waals surface area contributed by atoms with Gasteiger partial charge in [0.1, 0.15) is 12.3 Å². The molecule has 3 rings (SSSR count). The third-order valence-corrected chi connectivity index (χ3v) is 3.27. The van der Waals surface area contributed by atoms with E-state index in [-0.39, 0.29) is 30.3 Å². The molecule has 0 saturated heterocycles. The highest BCUT2D eigenvalue weighted by atomic mass is 16.7. The molecule has 2 aromatic carbocycles. The monoisotopic (exact) mass is 316 g/mol. The Morgan fingerprint density at radius 3 is 2.78 bits per heavy atom. The van der Waals surface area contributed by atoms with Crippen LogP contribution in [-0.4, -0.2) is 17.7 Å². The maximum Gasteiger partial charge on any atom is 0.338 e. The molecule has 0 aromatic heterocycles. The van der Waals surface area contributed by atoms with Crippen LogP contribution in [-0.2, 0) is 11.3 Å². The number of fused-ring (bicyclic) bond motifs is 1. The number of carbonyl (C=O) groups excluding carboxylic acids is 1. The van der Waals surface area contributed by atoms with Gasteiger partial charge in [-0.3, -0.25) is 10.1 Å². The fraction of sp³-hybridized carbons (Fsp3) is 0.133. The molecule has 0 unspecified atom stereocenters. The normalized spacial score (nSPS) is 12.0. The van der Waals surface area contributed by atoms with E-state index < -0.39 is 10.9 Å². The van der Waals surface area contributed by atoms with Gasteiger partial charge in [0.05, 0.1) is 10.5 Å². The lowest BCUT2D eigenvalue weighted by molar-refractivity contribution is -0.383. The molecule has 1 aliphatic heterocycles. The van der Waals surface area contributed by atoms with E-state index in [0.717, 1.165) is 6.07 Å². The molecule has 8 heteroatoms. The van der Waals surface area contributed by atoms with Crippen molar-refractivity contribution in [2.45, 2.75) is 6.61 Å². The third kappa shape index (κ3) is 3.00. The number of nitrogens with zero attached hydrogens (tertiary/aromatic N) is 1. The molecule has 8 nitrogen and oxygen atoms in total. The number of ether oxygens (including phenoxy) is 3. The van der Waals surface area contributed by atoms with Gasteiger partial charge in [-0.05, 0) is 29.8 Å². The predicted octanol–water partition coefficient (Wildman–Crippen LogP) is 2.26. The first-order valence-corrected chi connectivity index (χ1v) is 6.64. The summed E-state index contributed by atoms with van der Waals surface area (Å²) in [5.74, 6) is 0.543. The van der Waals surface area contributed by atoms with E-state index in [4.69, 9.17) is 19.9 Å². The van der Waals surface area contributed by atoms with Crippen LogP contribution < -0.4 is 15.2 Å². The minimum Gasteiger partial charge on any atom is -0.457 e. The fourth-order valence-corrected chi connectivity index (χ4v) is 2.09. The second-order valence-electron chi connectivity index (χ2n) is 4.79. The summed E-state index contributed by atoms with van der Waals surface area (Å²) in [7, 11) is 0. The average molecular weight is 316 g/mol. The van der Waals surface area contributed by atoms with E-state index in [0.29, 0.717) is 17.1 Å². The Hall–Kier alpha value is -3.29. The van der Waals surface area contributed by atoms with Crippen LogP contribution in [0.4, 0.5) is 11.4 Å². The molecule has 0 amide bonds. The molecule has 0 spiro atoms. The van der Waals surface area contributed by atoms with Crippen molar-refractivity contribution < 1.29 is 23.9 Å². The van der Waals surface area contributed by atoms with Crippen LogP contribution in [0, 0.1) is 10.1 Å². The number of esters is 1. The minimum absolute atomic E-state index is 0.00759. The van der Waals surface area contributed by atoms with Gasteiger partial charge in [0, 0.05) is 6.07 Å². The summed E-state index contributed by atoms with van der Waals surface area (Å²) < 4.78 is 15.6. The van der Waals surface area contributed by atoms with E-state index in [1.165, 1.54) is 12.1 Å². The first kappa shape index (κ1) is 14.6. The largest absolute Gasteiger partial charge is 0.457 e. The maximum absolute atomic E-state index is 12.0. The van der Waals surface area contributed by atoms with E-state index in [2.05, 4.69) is 0 Å². The van der Waals surface area contributed by atoms with Gasteiger partial charge in [0.2, 0.25) is 6.79 Å². The van der Waals surface area contributed by atoms with Gasteiger partial charge in [0.25, 0.3) is 5.69 Å². The van der Waals surface area contributed by atoms with Crippen LogP contribution in [0.15, 0.2) is 36.4 Å². The Morgan fingerprint density at radius 2 is 2.00 bits per heavy atom. The number of nitrogen functional groups attached to an aromatic ring is 1. The lowest BCUT2D eigenvalue weighted by Gasteiger charge is -2.06. The van der Waals surface area contributed by atoms with Gasteiger partial charge in [-0.25, -0.2) is 4.79 Å². The number of nitrogens with two attached hydrogens (primary N) is 1. The zero-order valence-corrected chi connectivity index (χ0v) is 11.9. The summed E-state index contributed by atoms with van der Waals surface area (Å²) in [5, 5.41) is 10.8. The first-order chi connectivity index (χ1) is 11.0. The molecule has 0 bridgehead atoms. The van der Waals surface area contributed by atoms with Gasteiger partial charge in [-0.15, -0.1) is 0 Å². The third-order valence-electron chi connectivity index (χ3n) is 3.27. The molecule has 1 heterocycles. The van der Waals surface area contributed by atoms with E-state index in [9.17, 15) is 14.9 Å². The second-order valence-corrected chi connectivity index (χ2v) is 4.79. The van der Waals surface area contributed by atoms with Crippen molar-refractivity contribution in [2.24, 2.45) is 0 Å². The molecule has 2 aromatic rings. The van der Waals surface area contributed by atoms with Gasteiger partial charge in [-0.1, -0.05) is 6.07 Å². The minimum atomic E-state index is -0.675. The highest BCUT2D eigenvalue weighted by molar-refractivity contribution is 5.91. The summed E-state index contributed by atoms with van der Waals surface area (Å²) in [4.78, 5) is 22.2. The number of carbonyl (C=O) groups is 1. The Balaban J connectivity index is 1.70. The highest BCUT2D eigenvalue weighted by Gasteiger charge is 2.17. The average Bonchev–Trinajstić information content (AvgIpc) is 3.00. The van der Waals surface area contributed by atoms with Gasteiger partial charge in [-0.2, -0.15) is 0 Å². The Morgan fingerprint density at radius 1 is 1.22 bits per heavy atom. The fourth-order valence-electron chi connectivity index (χ4n) is 2.09. The van der Waals surface area contributed by atoms with Crippen molar-refractivity contribution in [1.82, 2.24) is 0 Å². The van der Waals surface area contributed by atoms with Crippen LogP contribution in [0.1, 0.15) is 15.9 Å². The quantitative estimate of drug-likeness (QED) is 0.398. The number of benzene rings is 2. The number of hydrogen-bond acceptors (Lipinski definition) is 7. The van der Waals surface area contributed by atoms with Gasteiger partial charge < -0.3 is 19.9 Å². The van der Waals surface area contributed by atoms with Gasteiger partial charge >= 0.3 is 5.97 Å². The maximum atomic E-state index is 12.0. The van der Waals surface area contributed by atoms with Crippen molar-refractivity contribution in [2.75, 3.05) is 12.5 Å². The van der Waals surface area contributed by atoms with Crippen LogP contribution in [0.25, 0.3) is 0 Å². The van der Waals surface area contributed by atoms with Crippen LogP contribution >= 0.6 is 0 Å². The van der Waals surface area contributed by atoms with Crippen molar-refractivity contribution in [3.8, 4) is 11.5 Å². The topological polar surface area (TPSA) is 114 Å². The SMILES string of the molecule is Nc1ccc(C(=O)OCc2ccc3c(c2)OCO3)cc1[N+](=O)[O-].